The van der Waals surface area contributed by atoms with Crippen molar-refractivity contribution in [2.75, 3.05) is 18.1 Å². The van der Waals surface area contributed by atoms with Crippen molar-refractivity contribution in [3.63, 3.8) is 0 Å². The Morgan fingerprint density at radius 3 is 2.50 bits per heavy atom. The predicted molar refractivity (Wildman–Crippen MR) is 44.6 cm³/mol. The van der Waals surface area contributed by atoms with Gasteiger partial charge in [0.25, 0.3) is 0 Å². The van der Waals surface area contributed by atoms with Crippen LogP contribution in [-0.2, 0) is 15.5 Å². The molecule has 3 heteroatoms. The number of hydrogen-bond acceptors (Lipinski definition) is 2. The summed E-state index contributed by atoms with van der Waals surface area (Å²) in [6.45, 7) is 6.51. The molecule has 0 radical (unpaired) electrons. The Kier molecular flexibility index (Phi) is 5.93. The van der Waals surface area contributed by atoms with E-state index in [0.717, 1.165) is 5.75 Å². The molecule has 0 aliphatic carbocycles. The number of ether oxygens (including phenoxy) is 1. The molecule has 0 aromatic rings. The van der Waals surface area contributed by atoms with Crippen LogP contribution < -0.4 is 0 Å². The summed E-state index contributed by atoms with van der Waals surface area (Å²) in [6.07, 6.45) is 0.258. The first-order chi connectivity index (χ1) is 4.66. The molecule has 0 aliphatic rings. The highest BCUT2D eigenvalue weighted by Crippen LogP contribution is 1.88. The van der Waals surface area contributed by atoms with Crippen LogP contribution in [0.4, 0.5) is 0 Å². The Morgan fingerprint density at radius 1 is 1.50 bits per heavy atom. The number of rotatable bonds is 5. The minimum atomic E-state index is -0.668. The standard InChI is InChI=1S/C7H16O2S/c1-4-10(8)6-5-9-7(2)3/h7H,4-6H2,1-3H3. The van der Waals surface area contributed by atoms with Crippen LogP contribution in [0.5, 0.6) is 0 Å². The van der Waals surface area contributed by atoms with E-state index in [-0.39, 0.29) is 6.10 Å². The first kappa shape index (κ1) is 10.1. The Labute approximate surface area is 65.4 Å². The molecular formula is C7H16O2S. The summed E-state index contributed by atoms with van der Waals surface area (Å²) in [5, 5.41) is 0. The molecule has 10 heavy (non-hydrogen) atoms. The van der Waals surface area contributed by atoms with Crippen LogP contribution in [0, 0.1) is 0 Å². The van der Waals surface area contributed by atoms with Gasteiger partial charge in [-0.2, -0.15) is 0 Å². The van der Waals surface area contributed by atoms with Crippen LogP contribution in [0.2, 0.25) is 0 Å². The fraction of sp³-hybridized carbons (Fsp3) is 1.00. The first-order valence-corrected chi connectivity index (χ1v) is 5.12. The van der Waals surface area contributed by atoms with Crippen LogP contribution in [0.3, 0.4) is 0 Å². The van der Waals surface area contributed by atoms with Crippen LogP contribution >= 0.6 is 0 Å². The lowest BCUT2D eigenvalue weighted by atomic mass is 10.5. The summed E-state index contributed by atoms with van der Waals surface area (Å²) >= 11 is 0. The zero-order valence-corrected chi connectivity index (χ0v) is 7.74. The molecule has 0 aliphatic heterocycles. The molecule has 0 rings (SSSR count). The molecule has 0 N–H and O–H groups in total. The van der Waals surface area contributed by atoms with Crippen LogP contribution in [0.15, 0.2) is 0 Å². The van der Waals surface area contributed by atoms with Gasteiger partial charge in [-0.1, -0.05) is 6.92 Å². The molecule has 0 saturated heterocycles. The van der Waals surface area contributed by atoms with Gasteiger partial charge in [0.1, 0.15) is 0 Å². The van der Waals surface area contributed by atoms with Gasteiger partial charge in [-0.3, -0.25) is 4.21 Å². The Morgan fingerprint density at radius 2 is 2.10 bits per heavy atom. The molecule has 2 nitrogen and oxygen atoms in total. The lowest BCUT2D eigenvalue weighted by Gasteiger charge is -2.05. The van der Waals surface area contributed by atoms with Crippen molar-refractivity contribution in [1.29, 1.82) is 0 Å². The maximum atomic E-state index is 10.8. The van der Waals surface area contributed by atoms with Crippen LogP contribution in [0.25, 0.3) is 0 Å². The molecule has 0 spiro atoms. The third kappa shape index (κ3) is 6.23. The van der Waals surface area contributed by atoms with E-state index in [2.05, 4.69) is 0 Å². The zero-order valence-electron chi connectivity index (χ0n) is 6.92. The molecule has 0 amide bonds. The SMILES string of the molecule is CCS(=O)CCOC(C)C. The topological polar surface area (TPSA) is 26.3 Å². The lowest BCUT2D eigenvalue weighted by Crippen LogP contribution is -2.11. The van der Waals surface area contributed by atoms with Gasteiger partial charge in [-0.25, -0.2) is 0 Å². The average molecular weight is 164 g/mol. The van der Waals surface area contributed by atoms with E-state index in [4.69, 9.17) is 4.74 Å². The van der Waals surface area contributed by atoms with Crippen molar-refractivity contribution in [1.82, 2.24) is 0 Å². The van der Waals surface area contributed by atoms with Gasteiger partial charge in [-0.15, -0.1) is 0 Å². The zero-order chi connectivity index (χ0) is 7.98. The average Bonchev–Trinajstić information content (AvgIpc) is 1.87. The molecule has 0 fully saturated rings. The fourth-order valence-corrected chi connectivity index (χ4v) is 1.09. The minimum Gasteiger partial charge on any atom is -0.378 e. The summed E-state index contributed by atoms with van der Waals surface area (Å²) in [4.78, 5) is 0. The van der Waals surface area contributed by atoms with Gasteiger partial charge in [-0.05, 0) is 13.8 Å². The Balaban J connectivity index is 3.12. The molecule has 1 unspecified atom stereocenters. The smallest absolute Gasteiger partial charge is 0.0585 e. The van der Waals surface area contributed by atoms with Gasteiger partial charge in [0.15, 0.2) is 0 Å². The molecule has 0 aromatic carbocycles. The second kappa shape index (κ2) is 5.86. The summed E-state index contributed by atoms with van der Waals surface area (Å²) in [7, 11) is -0.668. The van der Waals surface area contributed by atoms with Crippen molar-refractivity contribution in [3.05, 3.63) is 0 Å². The first-order valence-electron chi connectivity index (χ1n) is 3.63. The van der Waals surface area contributed by atoms with E-state index in [9.17, 15) is 4.21 Å². The molecule has 1 atom stereocenters. The highest BCUT2D eigenvalue weighted by Gasteiger charge is 1.96. The highest BCUT2D eigenvalue weighted by molar-refractivity contribution is 7.84. The van der Waals surface area contributed by atoms with Crippen LogP contribution in [-0.4, -0.2) is 28.4 Å². The lowest BCUT2D eigenvalue weighted by molar-refractivity contribution is 0.0916. The molecule has 0 saturated carbocycles. The van der Waals surface area contributed by atoms with Crippen molar-refractivity contribution in [2.45, 2.75) is 26.9 Å². The Hall–Kier alpha value is 0.110. The van der Waals surface area contributed by atoms with Crippen molar-refractivity contribution < 1.29 is 8.95 Å². The van der Waals surface area contributed by atoms with Gasteiger partial charge >= 0.3 is 0 Å². The molecular weight excluding hydrogens is 148 g/mol. The maximum absolute atomic E-state index is 10.8. The normalized spacial score (nSPS) is 14.0. The third-order valence-corrected chi connectivity index (χ3v) is 2.35. The highest BCUT2D eigenvalue weighted by atomic mass is 32.2. The van der Waals surface area contributed by atoms with Crippen molar-refractivity contribution in [3.8, 4) is 0 Å². The van der Waals surface area contributed by atoms with Crippen molar-refractivity contribution >= 4 is 10.8 Å². The molecule has 0 aromatic heterocycles. The Bertz CT molecular complexity index is 102. The monoisotopic (exact) mass is 164 g/mol. The van der Waals surface area contributed by atoms with E-state index in [1.165, 1.54) is 0 Å². The number of hydrogen-bond donors (Lipinski definition) is 0. The largest absolute Gasteiger partial charge is 0.378 e. The van der Waals surface area contributed by atoms with Crippen LogP contribution in [0.1, 0.15) is 20.8 Å². The van der Waals surface area contributed by atoms with Gasteiger partial charge in [0, 0.05) is 22.3 Å². The fourth-order valence-electron chi connectivity index (χ4n) is 0.521. The van der Waals surface area contributed by atoms with Gasteiger partial charge in [0.2, 0.25) is 0 Å². The minimum absolute atomic E-state index is 0.258. The quantitative estimate of drug-likeness (QED) is 0.610. The van der Waals surface area contributed by atoms with E-state index in [1.54, 1.807) is 0 Å². The molecule has 0 heterocycles. The van der Waals surface area contributed by atoms with Crippen molar-refractivity contribution in [2.24, 2.45) is 0 Å². The van der Waals surface area contributed by atoms with E-state index in [1.807, 2.05) is 20.8 Å². The third-order valence-electron chi connectivity index (χ3n) is 1.08. The van der Waals surface area contributed by atoms with Gasteiger partial charge in [0.05, 0.1) is 12.7 Å². The summed E-state index contributed by atoms with van der Waals surface area (Å²) < 4.78 is 16.0. The molecule has 0 bridgehead atoms. The second-order valence-electron chi connectivity index (χ2n) is 2.35. The van der Waals surface area contributed by atoms with E-state index >= 15 is 0 Å². The predicted octanol–water partition coefficient (Wildman–Crippen LogP) is 1.18. The summed E-state index contributed by atoms with van der Waals surface area (Å²) in [6, 6.07) is 0. The summed E-state index contributed by atoms with van der Waals surface area (Å²) in [5.74, 6) is 1.41. The maximum Gasteiger partial charge on any atom is 0.0585 e. The second-order valence-corrected chi connectivity index (χ2v) is 4.22. The van der Waals surface area contributed by atoms with E-state index in [0.29, 0.717) is 12.4 Å². The van der Waals surface area contributed by atoms with E-state index < -0.39 is 10.8 Å². The summed E-state index contributed by atoms with van der Waals surface area (Å²) in [5.41, 5.74) is 0. The molecule has 62 valence electrons. The van der Waals surface area contributed by atoms with Gasteiger partial charge < -0.3 is 4.74 Å².